The van der Waals surface area contributed by atoms with Gasteiger partial charge in [-0.3, -0.25) is 4.79 Å². The van der Waals surface area contributed by atoms with Gasteiger partial charge in [0.2, 0.25) is 11.1 Å². The highest BCUT2D eigenvalue weighted by molar-refractivity contribution is 5.83. The largest absolute Gasteiger partial charge is 0.311 e. The fourth-order valence-corrected chi connectivity index (χ4v) is 6.38. The molecular weight excluding hydrogens is 296 g/mol. The van der Waals surface area contributed by atoms with Gasteiger partial charge in [-0.2, -0.15) is 0 Å². The molecule has 0 bridgehead atoms. The molecule has 0 spiro atoms. The predicted octanol–water partition coefficient (Wildman–Crippen LogP) is 5.03. The van der Waals surface area contributed by atoms with Crippen molar-refractivity contribution in [2.75, 3.05) is 0 Å². The summed E-state index contributed by atoms with van der Waals surface area (Å²) in [7, 11) is 0. The molecule has 0 unspecified atom stereocenters. The van der Waals surface area contributed by atoms with Crippen molar-refractivity contribution in [2.24, 2.45) is 35.5 Å². The lowest BCUT2D eigenvalue weighted by atomic mass is 9.45. The Morgan fingerprint density at radius 2 is 1.96 bits per heavy atom. The number of nitrogens with zero attached hydrogens (tertiary/aromatic N) is 2. The van der Waals surface area contributed by atoms with Crippen LogP contribution in [0.5, 0.6) is 0 Å². The van der Waals surface area contributed by atoms with E-state index in [1.807, 2.05) is 13.8 Å². The van der Waals surface area contributed by atoms with Crippen LogP contribution in [-0.2, 0) is 4.79 Å². The van der Waals surface area contributed by atoms with E-state index in [1.54, 1.807) is 0 Å². The minimum atomic E-state index is -0.407. The number of ketones is 1. The molecule has 0 radical (unpaired) electrons. The Morgan fingerprint density at radius 3 is 2.58 bits per heavy atom. The van der Waals surface area contributed by atoms with Crippen molar-refractivity contribution in [2.45, 2.75) is 77.3 Å². The number of hydrogen-bond donors (Lipinski definition) is 0. The van der Waals surface area contributed by atoms with Crippen LogP contribution in [0.2, 0.25) is 0 Å². The van der Waals surface area contributed by atoms with Gasteiger partial charge in [0, 0.05) is 44.9 Å². The summed E-state index contributed by atoms with van der Waals surface area (Å²) in [5, 5.41) is 0. The normalized spacial score (nSPS) is 45.0. The second-order valence-electron chi connectivity index (χ2n) is 9.36. The fourth-order valence-electron chi connectivity index (χ4n) is 6.38. The molecule has 3 nitrogen and oxygen atoms in total. The van der Waals surface area contributed by atoms with Gasteiger partial charge in [0.05, 0.1) is 5.92 Å². The summed E-state index contributed by atoms with van der Waals surface area (Å²) < 4.78 is 0. The second kappa shape index (κ2) is 5.87. The van der Waals surface area contributed by atoms with Crippen LogP contribution in [0, 0.1) is 48.7 Å². The number of Topliss-reactive ketones (excluding diaryl/α,β-unsaturated/α-hetero) is 1. The van der Waals surface area contributed by atoms with E-state index >= 15 is 0 Å². The van der Waals surface area contributed by atoms with E-state index in [2.05, 4.69) is 23.5 Å². The Labute approximate surface area is 146 Å². The van der Waals surface area contributed by atoms with Crippen molar-refractivity contribution in [1.29, 1.82) is 0 Å². The number of hydrogen-bond acceptors (Lipinski definition) is 1. The molecule has 0 aromatic heterocycles. The van der Waals surface area contributed by atoms with Gasteiger partial charge in [-0.05, 0) is 37.0 Å². The quantitative estimate of drug-likeness (QED) is 0.654. The molecule has 3 saturated carbocycles. The SMILES string of the molecule is [C-]#[N+]C(C)(C)C[C@@H]1C[C@H](C)[C@H]2CC[C@H](C)[C@@]3([N+]#[C-])CCC(=O)[C@@H]1[C@H]23. The number of rotatable bonds is 2. The third-order valence-corrected chi connectivity index (χ3v) is 7.54. The molecule has 24 heavy (non-hydrogen) atoms. The van der Waals surface area contributed by atoms with E-state index in [1.165, 1.54) is 6.42 Å². The van der Waals surface area contributed by atoms with Gasteiger partial charge in [-0.1, -0.05) is 13.8 Å². The summed E-state index contributed by atoms with van der Waals surface area (Å²) in [5.41, 5.74) is -0.729. The van der Waals surface area contributed by atoms with Gasteiger partial charge in [-0.25, -0.2) is 13.1 Å². The van der Waals surface area contributed by atoms with E-state index in [0.29, 0.717) is 30.0 Å². The highest BCUT2D eigenvalue weighted by atomic mass is 16.1. The van der Waals surface area contributed by atoms with Crippen LogP contribution >= 0.6 is 0 Å². The maximum Gasteiger partial charge on any atom is 0.239 e. The van der Waals surface area contributed by atoms with Gasteiger partial charge in [0.25, 0.3) is 0 Å². The number of carbonyl (C=O) groups excluding carboxylic acids is 1. The molecule has 3 heteroatoms. The first-order valence-electron chi connectivity index (χ1n) is 9.55. The summed E-state index contributed by atoms with van der Waals surface area (Å²) in [6, 6.07) is 0. The van der Waals surface area contributed by atoms with E-state index in [4.69, 9.17) is 13.1 Å². The smallest absolute Gasteiger partial charge is 0.239 e. The molecule has 130 valence electrons. The summed E-state index contributed by atoms with van der Waals surface area (Å²) in [6.45, 7) is 24.0. The first-order chi connectivity index (χ1) is 11.3. The highest BCUT2D eigenvalue weighted by Crippen LogP contribution is 2.61. The molecule has 0 saturated heterocycles. The molecule has 0 amide bonds. The lowest BCUT2D eigenvalue weighted by Gasteiger charge is -2.56. The molecule has 3 aliphatic rings. The van der Waals surface area contributed by atoms with Gasteiger partial charge in [0.1, 0.15) is 5.78 Å². The summed E-state index contributed by atoms with van der Waals surface area (Å²) in [6.07, 6.45) is 5.49. The first kappa shape index (κ1) is 17.5. The Kier molecular flexibility index (Phi) is 4.28. The van der Waals surface area contributed by atoms with Crippen molar-refractivity contribution in [3.63, 3.8) is 0 Å². The van der Waals surface area contributed by atoms with Crippen LogP contribution in [0.25, 0.3) is 9.69 Å². The van der Waals surface area contributed by atoms with Crippen molar-refractivity contribution in [3.05, 3.63) is 22.8 Å². The van der Waals surface area contributed by atoms with Crippen LogP contribution in [0.15, 0.2) is 0 Å². The molecule has 0 heterocycles. The van der Waals surface area contributed by atoms with Crippen molar-refractivity contribution >= 4 is 5.78 Å². The van der Waals surface area contributed by atoms with Crippen LogP contribution in [0.4, 0.5) is 0 Å². The molecule has 0 aromatic rings. The Hall–Kier alpha value is -1.35. The summed E-state index contributed by atoms with van der Waals surface area (Å²) in [5.74, 6) is 2.41. The van der Waals surface area contributed by atoms with Crippen LogP contribution in [0.3, 0.4) is 0 Å². The molecule has 0 aliphatic heterocycles. The van der Waals surface area contributed by atoms with Crippen molar-refractivity contribution < 1.29 is 4.79 Å². The molecule has 7 atom stereocenters. The molecule has 0 N–H and O–H groups in total. The van der Waals surface area contributed by atoms with E-state index in [-0.39, 0.29) is 23.3 Å². The lowest BCUT2D eigenvalue weighted by Crippen LogP contribution is -2.61. The zero-order chi connectivity index (χ0) is 17.7. The first-order valence-corrected chi connectivity index (χ1v) is 9.55. The molecule has 3 rings (SSSR count). The monoisotopic (exact) mass is 326 g/mol. The zero-order valence-electron chi connectivity index (χ0n) is 15.5. The maximum atomic E-state index is 12.9. The third kappa shape index (κ3) is 2.48. The summed E-state index contributed by atoms with van der Waals surface area (Å²) in [4.78, 5) is 21.0. The van der Waals surface area contributed by atoms with E-state index < -0.39 is 5.54 Å². The van der Waals surface area contributed by atoms with Crippen LogP contribution in [-0.4, -0.2) is 16.9 Å². The lowest BCUT2D eigenvalue weighted by molar-refractivity contribution is -0.144. The Morgan fingerprint density at radius 1 is 1.25 bits per heavy atom. The zero-order valence-corrected chi connectivity index (χ0v) is 15.5. The minimum Gasteiger partial charge on any atom is -0.311 e. The molecule has 3 fully saturated rings. The molecule has 3 aliphatic carbocycles. The predicted molar refractivity (Wildman–Crippen MR) is 95.0 cm³/mol. The molecule has 0 aromatic carbocycles. The average Bonchev–Trinajstić information content (AvgIpc) is 2.54. The van der Waals surface area contributed by atoms with Crippen LogP contribution in [0.1, 0.15) is 66.2 Å². The molecular formula is C21H30N2O. The topological polar surface area (TPSA) is 25.8 Å². The Bertz CT molecular complexity index is 610. The van der Waals surface area contributed by atoms with Gasteiger partial charge in [0.15, 0.2) is 0 Å². The van der Waals surface area contributed by atoms with E-state index in [0.717, 1.165) is 25.7 Å². The maximum absolute atomic E-state index is 12.9. The van der Waals surface area contributed by atoms with Crippen molar-refractivity contribution in [3.8, 4) is 0 Å². The summed E-state index contributed by atoms with van der Waals surface area (Å²) >= 11 is 0. The second-order valence-corrected chi connectivity index (χ2v) is 9.36. The standard InChI is InChI=1S/C21H30N2O/c1-13-11-15(12-20(3,4)22-5)18-17(24)9-10-21(23-6)14(2)7-8-16(13)19(18)21/h13-16,18-19H,7-12H2,1-4H3/t13-,14-,15-,16+,18+,19-,21-/m0/s1. The highest BCUT2D eigenvalue weighted by Gasteiger charge is 2.66. The number of carbonyl (C=O) groups is 1. The minimum absolute atomic E-state index is 0.0258. The average molecular weight is 326 g/mol. The van der Waals surface area contributed by atoms with Gasteiger partial charge < -0.3 is 9.69 Å². The van der Waals surface area contributed by atoms with E-state index in [9.17, 15) is 4.79 Å². The van der Waals surface area contributed by atoms with Gasteiger partial charge in [-0.15, -0.1) is 0 Å². The van der Waals surface area contributed by atoms with Gasteiger partial charge >= 0.3 is 0 Å². The third-order valence-electron chi connectivity index (χ3n) is 7.54. The fraction of sp³-hybridized carbons (Fsp3) is 0.857. The Balaban J connectivity index is 2.03. The van der Waals surface area contributed by atoms with Crippen LogP contribution < -0.4 is 0 Å². The van der Waals surface area contributed by atoms with Crippen molar-refractivity contribution in [1.82, 2.24) is 0 Å².